The van der Waals surface area contributed by atoms with Crippen molar-refractivity contribution in [2.75, 3.05) is 39.6 Å². The maximum Gasteiger partial charge on any atom is 0.315 e. The fourth-order valence-electron chi connectivity index (χ4n) is 19.1. The molecule has 7 unspecified atom stereocenters. The summed E-state index contributed by atoms with van der Waals surface area (Å²) >= 11 is 0. The van der Waals surface area contributed by atoms with Crippen molar-refractivity contribution in [1.82, 2.24) is 0 Å². The number of carbonyl (C=O) groups is 1. The van der Waals surface area contributed by atoms with Gasteiger partial charge in [-0.05, 0) is 111 Å². The van der Waals surface area contributed by atoms with E-state index in [1.54, 1.807) is 0 Å². The number of aliphatic hydroxyl groups excluding tert-OH is 19. The predicted molar refractivity (Wildman–Crippen MR) is 322 cm³/mol. The van der Waals surface area contributed by atoms with Crippen LogP contribution in [0.25, 0.3) is 0 Å². The second kappa shape index (κ2) is 28.8. The van der Waals surface area contributed by atoms with E-state index < -0.39 is 245 Å². The molecule has 5 aliphatic carbocycles. The van der Waals surface area contributed by atoms with Gasteiger partial charge >= 0.3 is 5.97 Å². The maximum atomic E-state index is 15.2. The maximum absolute atomic E-state index is 15.2. The van der Waals surface area contributed by atoms with Crippen LogP contribution in [0.3, 0.4) is 0 Å². The molecule has 32 heteroatoms. The van der Waals surface area contributed by atoms with Crippen molar-refractivity contribution < 1.29 is 159 Å². The van der Waals surface area contributed by atoms with E-state index in [0.29, 0.717) is 64.2 Å². The van der Waals surface area contributed by atoms with E-state index in [4.69, 9.17) is 56.8 Å². The molecule has 0 spiro atoms. The molecule has 38 atom stereocenters. The molecule has 0 aromatic rings. The quantitative estimate of drug-likeness (QED) is 0.0366. The van der Waals surface area contributed by atoms with Crippen LogP contribution in [-0.2, 0) is 61.6 Å². The molecule has 6 aliphatic heterocycles. The Morgan fingerprint density at radius 1 is 0.495 bits per heavy atom. The molecule has 11 aliphatic rings. The van der Waals surface area contributed by atoms with Gasteiger partial charge in [-0.3, -0.25) is 4.79 Å². The normalized spacial score (nSPS) is 54.7. The van der Waals surface area contributed by atoms with Gasteiger partial charge in [0.05, 0.1) is 57.3 Å². The summed E-state index contributed by atoms with van der Waals surface area (Å²) in [5, 5.41) is 207. The first-order chi connectivity index (χ1) is 45.6. The van der Waals surface area contributed by atoms with Gasteiger partial charge in [-0.1, -0.05) is 53.2 Å². The Bertz CT molecular complexity index is 2710. The molecule has 0 bridgehead atoms. The topological polar surface area (TPSA) is 512 Å². The van der Waals surface area contributed by atoms with Gasteiger partial charge in [-0.15, -0.1) is 0 Å². The van der Waals surface area contributed by atoms with Gasteiger partial charge in [-0.25, -0.2) is 0 Å². The van der Waals surface area contributed by atoms with Crippen molar-refractivity contribution >= 4 is 5.97 Å². The van der Waals surface area contributed by atoms with Crippen molar-refractivity contribution in [3.05, 3.63) is 11.6 Å². The lowest BCUT2D eigenvalue weighted by molar-refractivity contribution is -0.393. The number of hydrogen-bond acceptors (Lipinski definition) is 32. The summed E-state index contributed by atoms with van der Waals surface area (Å²) in [5.74, 6) is -1.08. The number of hydrogen-bond donors (Lipinski definition) is 19. The van der Waals surface area contributed by atoms with Crippen molar-refractivity contribution in [1.29, 1.82) is 0 Å². The monoisotopic (exact) mass is 1400 g/mol. The largest absolute Gasteiger partial charge is 0.432 e. The molecule has 0 amide bonds. The second-order valence-corrected chi connectivity index (χ2v) is 31.3. The fraction of sp³-hybridized carbons (Fsp3) is 0.954. The lowest BCUT2D eigenvalue weighted by atomic mass is 9.33. The SMILES string of the molecule is C[C@@H]1O[C@@H](O[C@@H]2[C@@H](O)[C@H](O[C@H]3[C@H](O)[C@@H](O)[C@H](OC4CCC5(C)C6CC=C7C8CC(C)(C)CCC8(C(=O)O[C@@H]8O[C@H](CO[C@@H]9O[C@H](CO)[C@@H](O)[C@H](O)[C@H]9O)[C@@H](O)[C@H](O)[C@H]8O)CC[C@@]7(C)C6(C)CCC5[C@@]4(C)CO)O[C@@H]3CO)O[C@H](CO)[C@H]2O)[C@H](O[C@@H]2OC[C@H](O)[C@H](O)[C@H]2O)[C@H](O)[C@H]1O. The lowest BCUT2D eigenvalue weighted by Gasteiger charge is -2.71. The summed E-state index contributed by atoms with van der Waals surface area (Å²) in [6.45, 7) is 10.6. The van der Waals surface area contributed by atoms with Gasteiger partial charge in [0.15, 0.2) is 31.5 Å². The third-order valence-corrected chi connectivity index (χ3v) is 25.3. The van der Waals surface area contributed by atoms with Gasteiger partial charge in [0, 0.05) is 5.41 Å². The van der Waals surface area contributed by atoms with Crippen LogP contribution < -0.4 is 0 Å². The van der Waals surface area contributed by atoms with E-state index in [1.165, 1.54) is 6.92 Å². The van der Waals surface area contributed by atoms with Crippen LogP contribution in [0.2, 0.25) is 0 Å². The average Bonchev–Trinajstić information content (AvgIpc) is 0.675. The molecule has 10 fully saturated rings. The Labute approximate surface area is 561 Å². The molecule has 32 nitrogen and oxygen atoms in total. The first kappa shape index (κ1) is 76.1. The molecule has 6 saturated heterocycles. The zero-order chi connectivity index (χ0) is 70.7. The van der Waals surface area contributed by atoms with Gasteiger partial charge < -0.3 is 154 Å². The van der Waals surface area contributed by atoms with E-state index >= 15 is 4.79 Å². The molecule has 4 saturated carbocycles. The van der Waals surface area contributed by atoms with Crippen LogP contribution in [0.5, 0.6) is 0 Å². The smallest absolute Gasteiger partial charge is 0.315 e. The Balaban J connectivity index is 0.765. The third-order valence-electron chi connectivity index (χ3n) is 25.3. The minimum absolute atomic E-state index is 0.0455. The Kier molecular flexibility index (Phi) is 22.6. The van der Waals surface area contributed by atoms with Crippen LogP contribution in [-0.4, -0.2) is 327 Å². The van der Waals surface area contributed by atoms with Crippen molar-refractivity contribution in [3.63, 3.8) is 0 Å². The number of fused-ring (bicyclic) bond motifs is 7. The lowest BCUT2D eigenvalue weighted by Crippen LogP contribution is -2.68. The highest BCUT2D eigenvalue weighted by Crippen LogP contribution is 2.76. The molecule has 0 aromatic carbocycles. The van der Waals surface area contributed by atoms with E-state index in [0.717, 1.165) is 5.57 Å². The molecule has 558 valence electrons. The average molecular weight is 1400 g/mol. The van der Waals surface area contributed by atoms with Crippen LogP contribution in [0.15, 0.2) is 11.6 Å². The van der Waals surface area contributed by atoms with Gasteiger partial charge in [0.1, 0.15) is 134 Å². The van der Waals surface area contributed by atoms with E-state index in [2.05, 4.69) is 40.7 Å². The minimum atomic E-state index is -2.05. The summed E-state index contributed by atoms with van der Waals surface area (Å²) < 4.78 is 70.9. The number of rotatable bonds is 17. The zero-order valence-corrected chi connectivity index (χ0v) is 55.7. The van der Waals surface area contributed by atoms with Crippen molar-refractivity contribution in [2.24, 2.45) is 50.2 Å². The highest BCUT2D eigenvalue weighted by molar-refractivity contribution is 5.79. The summed E-state index contributed by atoms with van der Waals surface area (Å²) in [6.07, 6.45) is -42.5. The van der Waals surface area contributed by atoms with Crippen LogP contribution in [0.1, 0.15) is 113 Å². The van der Waals surface area contributed by atoms with Gasteiger partial charge in [0.25, 0.3) is 0 Å². The summed E-state index contributed by atoms with van der Waals surface area (Å²) in [4.78, 5) is 15.2. The highest BCUT2D eigenvalue weighted by atomic mass is 16.8. The Morgan fingerprint density at radius 2 is 1.05 bits per heavy atom. The number of carbonyl (C=O) groups excluding carboxylic acids is 1. The summed E-state index contributed by atoms with van der Waals surface area (Å²) in [6, 6.07) is 0. The first-order valence-electron chi connectivity index (χ1n) is 34.3. The van der Waals surface area contributed by atoms with Crippen LogP contribution in [0, 0.1) is 50.2 Å². The molecule has 97 heavy (non-hydrogen) atoms. The molecule has 11 rings (SSSR count). The number of esters is 1. The molecular formula is C65H106O32. The number of ether oxygens (including phenoxy) is 12. The van der Waals surface area contributed by atoms with Crippen molar-refractivity contribution in [2.45, 2.75) is 297 Å². The highest BCUT2D eigenvalue weighted by Gasteiger charge is 2.71. The number of aliphatic hydroxyl groups is 19. The second-order valence-electron chi connectivity index (χ2n) is 31.3. The van der Waals surface area contributed by atoms with Gasteiger partial charge in [-0.2, -0.15) is 0 Å². The van der Waals surface area contributed by atoms with Crippen LogP contribution >= 0.6 is 0 Å². The fourth-order valence-corrected chi connectivity index (χ4v) is 19.1. The Morgan fingerprint density at radius 3 is 1.72 bits per heavy atom. The van der Waals surface area contributed by atoms with E-state index in [9.17, 15) is 97.0 Å². The summed E-state index contributed by atoms with van der Waals surface area (Å²) in [7, 11) is 0. The van der Waals surface area contributed by atoms with E-state index in [-0.39, 0.29) is 35.2 Å². The van der Waals surface area contributed by atoms with Gasteiger partial charge in [0.2, 0.25) is 6.29 Å². The third kappa shape index (κ3) is 13.2. The minimum Gasteiger partial charge on any atom is -0.432 e. The molecule has 0 radical (unpaired) electrons. The van der Waals surface area contributed by atoms with Crippen LogP contribution in [0.4, 0.5) is 0 Å². The molecule has 6 heterocycles. The Hall–Kier alpha value is -1.99. The standard InChI is InChI=1S/C65H106O32/c1-25-36(71)43(78)52(96-54-45(80)37(72)28(70)22-86-54)58(88-25)95-51-40(75)30(20-67)90-57(49(51)84)94-50-31(21-68)91-55(48(83)44(50)79)93-35-11-12-61(4)33(62(35,5)24-69)10-13-64(7)34(61)9-8-26-27-18-60(2,3)14-16-65(27,17-15-63(26,64)6)59(85)97-56-47(82)42(77)39(74)32(92-56)23-87-53-46(81)41(76)38(73)29(19-66)89-53/h8,25,27-58,66-84H,9-24H2,1-7H3/t25-,27?,28-,29+,30+,31+,32+,33?,34?,35?,36-,37-,38+,39+,40+,41-,42-,43+,44+,45+,46+,47+,48+,49+,50+,51-,52+,53+,54-,55-,56-,57-,58-,61?,62+,63+,64?,65?/m0/s1. The predicted octanol–water partition coefficient (Wildman–Crippen LogP) is -5.75. The van der Waals surface area contributed by atoms with E-state index in [1.807, 2.05) is 6.92 Å². The molecule has 19 N–H and O–H groups in total. The first-order valence-corrected chi connectivity index (χ1v) is 34.3. The van der Waals surface area contributed by atoms with Crippen molar-refractivity contribution in [3.8, 4) is 0 Å². The molecule has 0 aromatic heterocycles. The summed E-state index contributed by atoms with van der Waals surface area (Å²) in [5.41, 5.74) is -2.35. The molecular weight excluding hydrogens is 1290 g/mol. The number of allylic oxidation sites excluding steroid dienone is 2. The zero-order valence-electron chi connectivity index (χ0n) is 55.7.